The van der Waals surface area contributed by atoms with Crippen LogP contribution in [0.3, 0.4) is 0 Å². The number of carbonyl (C=O) groups is 3. The smallest absolute Gasteiger partial charge is 0.386 e. The minimum absolute atomic E-state index is 0.853. The van der Waals surface area contributed by atoms with Gasteiger partial charge in [0, 0.05) is 6.92 Å². The average Bonchev–Trinajstić information content (AvgIpc) is 1.63. The van der Waals surface area contributed by atoms with Crippen molar-refractivity contribution in [3.63, 3.8) is 0 Å². The van der Waals surface area contributed by atoms with E-state index in [2.05, 4.69) is 16.3 Å². The first kappa shape index (κ1) is 8.10. The monoisotopic (exact) mass is 150 g/mol. The summed E-state index contributed by atoms with van der Waals surface area (Å²) in [5.41, 5.74) is 0. The van der Waals surface area contributed by atoms with Crippen molar-refractivity contribution in [2.24, 2.45) is 0 Å². The highest BCUT2D eigenvalue weighted by Crippen LogP contribution is 1.85. The van der Waals surface area contributed by atoms with Gasteiger partial charge in [0.05, 0.1) is 0 Å². The molecule has 0 spiro atoms. The molecule has 9 heavy (non-hydrogen) atoms. The van der Waals surface area contributed by atoms with E-state index in [4.69, 9.17) is 0 Å². The Bertz CT molecular complexity index is 162. The maximum Gasteiger partial charge on any atom is 0.399 e. The molecule has 0 aliphatic heterocycles. The van der Waals surface area contributed by atoms with Crippen molar-refractivity contribution in [2.45, 2.75) is 6.92 Å². The summed E-state index contributed by atoms with van der Waals surface area (Å²) in [6, 6.07) is 0. The molecule has 0 saturated carbocycles. The van der Waals surface area contributed by atoms with Crippen LogP contribution >= 0.6 is 11.6 Å². The quantitative estimate of drug-likeness (QED) is 0.226. The SMILES string of the molecule is CC(=O)OC(=O)C(=O)Cl. The zero-order valence-corrected chi connectivity index (χ0v) is 5.27. The van der Waals surface area contributed by atoms with Gasteiger partial charge in [-0.25, -0.2) is 4.79 Å². The van der Waals surface area contributed by atoms with Gasteiger partial charge in [0.2, 0.25) is 0 Å². The first-order valence-electron chi connectivity index (χ1n) is 1.96. The van der Waals surface area contributed by atoms with Crippen molar-refractivity contribution in [3.05, 3.63) is 0 Å². The standard InChI is InChI=1S/C4H3ClO4/c1-2(6)9-4(8)3(5)7/h1H3. The predicted molar refractivity (Wildman–Crippen MR) is 27.6 cm³/mol. The first-order chi connectivity index (χ1) is 4.04. The lowest BCUT2D eigenvalue weighted by Crippen LogP contribution is -2.14. The summed E-state index contributed by atoms with van der Waals surface area (Å²) in [4.78, 5) is 29.8. The molecule has 0 heterocycles. The van der Waals surface area contributed by atoms with Gasteiger partial charge in [-0.3, -0.25) is 9.59 Å². The number of hydrogen-bond acceptors (Lipinski definition) is 4. The van der Waals surface area contributed by atoms with E-state index in [1.54, 1.807) is 0 Å². The number of carbonyl (C=O) groups excluding carboxylic acids is 3. The molecule has 0 rings (SSSR count). The van der Waals surface area contributed by atoms with Gasteiger partial charge >= 0.3 is 17.2 Å². The summed E-state index contributed by atoms with van der Waals surface area (Å²) in [6.45, 7) is 0.998. The summed E-state index contributed by atoms with van der Waals surface area (Å²) >= 11 is 4.61. The van der Waals surface area contributed by atoms with Crippen LogP contribution in [0.1, 0.15) is 6.92 Å². The molecular formula is C4H3ClO4. The maximum atomic E-state index is 10.0. The molecule has 0 aromatic rings. The highest BCUT2D eigenvalue weighted by molar-refractivity contribution is 6.80. The molecule has 4 nitrogen and oxygen atoms in total. The van der Waals surface area contributed by atoms with Crippen LogP contribution in [-0.4, -0.2) is 17.2 Å². The molecule has 0 aliphatic carbocycles. The van der Waals surface area contributed by atoms with Crippen molar-refractivity contribution >= 4 is 28.8 Å². The van der Waals surface area contributed by atoms with Crippen molar-refractivity contribution in [1.82, 2.24) is 0 Å². The van der Waals surface area contributed by atoms with Crippen molar-refractivity contribution in [2.75, 3.05) is 0 Å². The fraction of sp³-hybridized carbons (Fsp3) is 0.250. The van der Waals surface area contributed by atoms with Crippen LogP contribution in [-0.2, 0) is 19.1 Å². The van der Waals surface area contributed by atoms with E-state index < -0.39 is 17.2 Å². The van der Waals surface area contributed by atoms with Crippen LogP contribution in [0, 0.1) is 0 Å². The third kappa shape index (κ3) is 3.66. The fourth-order valence-electron chi connectivity index (χ4n) is 0.171. The fourth-order valence-corrected chi connectivity index (χ4v) is 0.209. The van der Waals surface area contributed by atoms with Crippen LogP contribution in [0.2, 0.25) is 0 Å². The Kier molecular flexibility index (Phi) is 2.87. The Hall–Kier alpha value is -0.900. The summed E-state index contributed by atoms with van der Waals surface area (Å²) in [5.74, 6) is -2.20. The van der Waals surface area contributed by atoms with Crippen LogP contribution < -0.4 is 0 Å². The summed E-state index contributed by atoms with van der Waals surface area (Å²) in [7, 11) is 0. The number of halogens is 1. The van der Waals surface area contributed by atoms with Gasteiger partial charge < -0.3 is 4.74 Å². The molecule has 0 bridgehead atoms. The van der Waals surface area contributed by atoms with Gasteiger partial charge in [-0.15, -0.1) is 0 Å². The normalized spacial score (nSPS) is 8.22. The van der Waals surface area contributed by atoms with Crippen molar-refractivity contribution in [1.29, 1.82) is 0 Å². The minimum atomic E-state index is -1.34. The Morgan fingerprint density at radius 1 is 1.33 bits per heavy atom. The van der Waals surface area contributed by atoms with E-state index in [1.165, 1.54) is 0 Å². The molecule has 0 aliphatic rings. The van der Waals surface area contributed by atoms with Crippen LogP contribution in [0.5, 0.6) is 0 Å². The van der Waals surface area contributed by atoms with Crippen molar-refractivity contribution < 1.29 is 19.1 Å². The van der Waals surface area contributed by atoms with Crippen LogP contribution in [0.25, 0.3) is 0 Å². The zero-order valence-electron chi connectivity index (χ0n) is 4.51. The molecule has 0 aromatic carbocycles. The Morgan fingerprint density at radius 3 is 1.89 bits per heavy atom. The number of hydrogen-bond donors (Lipinski definition) is 0. The van der Waals surface area contributed by atoms with Gasteiger partial charge in [-0.05, 0) is 11.6 Å². The zero-order chi connectivity index (χ0) is 7.44. The molecule has 0 amide bonds. The van der Waals surface area contributed by atoms with E-state index in [1.807, 2.05) is 0 Å². The molecular weight excluding hydrogens is 147 g/mol. The van der Waals surface area contributed by atoms with E-state index in [0.717, 1.165) is 6.92 Å². The molecule has 0 atom stereocenters. The second-order valence-electron chi connectivity index (χ2n) is 1.15. The third-order valence-electron chi connectivity index (χ3n) is 0.397. The lowest BCUT2D eigenvalue weighted by molar-refractivity contribution is -0.160. The van der Waals surface area contributed by atoms with Gasteiger partial charge in [-0.1, -0.05) is 0 Å². The lowest BCUT2D eigenvalue weighted by Gasteiger charge is -1.90. The van der Waals surface area contributed by atoms with Gasteiger partial charge in [0.15, 0.2) is 0 Å². The molecule has 0 radical (unpaired) electrons. The topological polar surface area (TPSA) is 60.4 Å². The second-order valence-corrected chi connectivity index (χ2v) is 1.50. The first-order valence-corrected chi connectivity index (χ1v) is 2.34. The summed E-state index contributed by atoms with van der Waals surface area (Å²) in [6.07, 6.45) is 0. The molecule has 0 N–H and O–H groups in total. The molecule has 50 valence electrons. The minimum Gasteiger partial charge on any atom is -0.386 e. The van der Waals surface area contributed by atoms with Crippen LogP contribution in [0.4, 0.5) is 0 Å². The third-order valence-corrected chi connectivity index (χ3v) is 0.551. The highest BCUT2D eigenvalue weighted by atomic mass is 35.5. The molecule has 0 aromatic heterocycles. The number of ether oxygens (including phenoxy) is 1. The molecule has 0 fully saturated rings. The molecule has 5 heteroatoms. The Balaban J connectivity index is 3.79. The molecule has 0 unspecified atom stereocenters. The van der Waals surface area contributed by atoms with Gasteiger partial charge in [0.25, 0.3) is 0 Å². The second kappa shape index (κ2) is 3.19. The van der Waals surface area contributed by atoms with Crippen LogP contribution in [0.15, 0.2) is 0 Å². The van der Waals surface area contributed by atoms with Gasteiger partial charge in [0.1, 0.15) is 0 Å². The predicted octanol–water partition coefficient (Wildman–Crippen LogP) is -0.159. The van der Waals surface area contributed by atoms with E-state index in [9.17, 15) is 14.4 Å². The number of esters is 2. The Morgan fingerprint density at radius 2 is 1.78 bits per heavy atom. The largest absolute Gasteiger partial charge is 0.399 e. The van der Waals surface area contributed by atoms with Crippen molar-refractivity contribution in [3.8, 4) is 0 Å². The van der Waals surface area contributed by atoms with Gasteiger partial charge in [-0.2, -0.15) is 0 Å². The highest BCUT2D eigenvalue weighted by Gasteiger charge is 2.13. The van der Waals surface area contributed by atoms with E-state index in [0.29, 0.717) is 0 Å². The molecule has 0 saturated heterocycles. The van der Waals surface area contributed by atoms with E-state index in [-0.39, 0.29) is 0 Å². The summed E-state index contributed by atoms with van der Waals surface area (Å²) < 4.78 is 3.75. The number of rotatable bonds is 1. The maximum absolute atomic E-state index is 10.0. The lowest BCUT2D eigenvalue weighted by atomic mass is 10.7. The summed E-state index contributed by atoms with van der Waals surface area (Å²) in [5, 5.41) is -1.30. The Labute approximate surface area is 55.7 Å². The van der Waals surface area contributed by atoms with E-state index >= 15 is 0 Å². The average molecular weight is 151 g/mol.